The highest BCUT2D eigenvalue weighted by molar-refractivity contribution is 7.56. The monoisotopic (exact) mass is 340 g/mol. The predicted molar refractivity (Wildman–Crippen MR) is 102 cm³/mol. The molecule has 0 spiro atoms. The summed E-state index contributed by atoms with van der Waals surface area (Å²) in [6.07, 6.45) is 0. The van der Waals surface area contributed by atoms with Gasteiger partial charge in [0.15, 0.2) is 0 Å². The summed E-state index contributed by atoms with van der Waals surface area (Å²) in [5, 5.41) is -0.411. The van der Waals surface area contributed by atoms with E-state index in [1.165, 1.54) is 0 Å². The molecule has 0 aromatic heterocycles. The standard InChI is InChI=1S/C20H17OP.ClH/c21-16-22-20(17-10-4-1-5-11-17,18-12-6-2-7-13-18)19-14-8-3-9-15-19;/h1-16,22H;1H. The van der Waals surface area contributed by atoms with E-state index in [0.717, 1.165) is 22.7 Å². The first-order valence-electron chi connectivity index (χ1n) is 7.26. The molecule has 0 heterocycles. The normalized spacial score (nSPS) is 11.1. The van der Waals surface area contributed by atoms with Crippen molar-refractivity contribution < 1.29 is 4.79 Å². The molecular formula is C20H18ClOP. The second-order valence-electron chi connectivity index (χ2n) is 5.11. The SMILES string of the molecule is Cl.O=CPC(c1ccccc1)(c1ccccc1)c1ccccc1. The van der Waals surface area contributed by atoms with E-state index in [2.05, 4.69) is 36.4 Å². The van der Waals surface area contributed by atoms with Crippen molar-refractivity contribution >= 4 is 27.0 Å². The van der Waals surface area contributed by atoms with Gasteiger partial charge in [0.2, 0.25) is 0 Å². The maximum Gasteiger partial charge on any atom is 0.140 e. The van der Waals surface area contributed by atoms with Crippen LogP contribution in [0.1, 0.15) is 16.7 Å². The Balaban J connectivity index is 0.00000192. The van der Waals surface area contributed by atoms with Gasteiger partial charge in [0, 0.05) is 0 Å². The van der Waals surface area contributed by atoms with Crippen LogP contribution in [0.4, 0.5) is 0 Å². The Morgan fingerprint density at radius 2 is 0.913 bits per heavy atom. The van der Waals surface area contributed by atoms with Gasteiger partial charge in [-0.3, -0.25) is 4.79 Å². The zero-order valence-corrected chi connectivity index (χ0v) is 14.4. The van der Waals surface area contributed by atoms with Gasteiger partial charge < -0.3 is 0 Å². The van der Waals surface area contributed by atoms with Crippen LogP contribution in [0.5, 0.6) is 0 Å². The maximum atomic E-state index is 11.6. The minimum absolute atomic E-state index is 0. The fraction of sp³-hybridized carbons (Fsp3) is 0.0500. The van der Waals surface area contributed by atoms with Crippen molar-refractivity contribution in [3.8, 4) is 0 Å². The van der Waals surface area contributed by atoms with E-state index in [0.29, 0.717) is 0 Å². The Hall–Kier alpha value is -1.95. The lowest BCUT2D eigenvalue weighted by Crippen LogP contribution is -2.24. The highest BCUT2D eigenvalue weighted by Crippen LogP contribution is 2.50. The molecule has 0 aliphatic carbocycles. The van der Waals surface area contributed by atoms with E-state index in [4.69, 9.17) is 0 Å². The van der Waals surface area contributed by atoms with Crippen LogP contribution in [0.3, 0.4) is 0 Å². The largest absolute Gasteiger partial charge is 0.299 e. The highest BCUT2D eigenvalue weighted by Gasteiger charge is 2.35. The van der Waals surface area contributed by atoms with Gasteiger partial charge >= 0.3 is 0 Å². The summed E-state index contributed by atoms with van der Waals surface area (Å²) >= 11 is 0. The van der Waals surface area contributed by atoms with E-state index in [-0.39, 0.29) is 21.0 Å². The molecule has 3 aromatic rings. The molecule has 0 amide bonds. The molecule has 0 saturated heterocycles. The summed E-state index contributed by atoms with van der Waals surface area (Å²) in [5.74, 6) is 0. The molecule has 0 saturated carbocycles. The van der Waals surface area contributed by atoms with Crippen LogP contribution in [0.2, 0.25) is 0 Å². The molecule has 0 fully saturated rings. The van der Waals surface area contributed by atoms with E-state index >= 15 is 0 Å². The van der Waals surface area contributed by atoms with Crippen molar-refractivity contribution in [1.82, 2.24) is 0 Å². The van der Waals surface area contributed by atoms with Crippen LogP contribution in [0.25, 0.3) is 0 Å². The van der Waals surface area contributed by atoms with E-state index in [1.54, 1.807) is 0 Å². The molecule has 1 unspecified atom stereocenters. The van der Waals surface area contributed by atoms with Gasteiger partial charge in [-0.15, -0.1) is 12.4 Å². The molecule has 0 aliphatic heterocycles. The molecule has 0 bridgehead atoms. The van der Waals surface area contributed by atoms with Crippen molar-refractivity contribution in [2.75, 3.05) is 0 Å². The summed E-state index contributed by atoms with van der Waals surface area (Å²) in [6, 6.07) is 31.9. The average Bonchev–Trinajstić information content (AvgIpc) is 2.62. The lowest BCUT2D eigenvalue weighted by Gasteiger charge is -2.34. The summed E-state index contributed by atoms with van der Waals surface area (Å²) in [6.45, 7) is 0. The first kappa shape index (κ1) is 17.4. The summed E-state index contributed by atoms with van der Waals surface area (Å²) in [4.78, 5) is 11.6. The first-order chi connectivity index (χ1) is 10.9. The number of hydrogen-bond acceptors (Lipinski definition) is 1. The molecule has 1 atom stereocenters. The number of carbonyl (C=O) groups is 1. The predicted octanol–water partition coefficient (Wildman–Crippen LogP) is 5.27. The molecule has 3 rings (SSSR count). The quantitative estimate of drug-likeness (QED) is 0.351. The van der Waals surface area contributed by atoms with Crippen molar-refractivity contribution in [1.29, 1.82) is 0 Å². The second-order valence-corrected chi connectivity index (χ2v) is 6.38. The van der Waals surface area contributed by atoms with Crippen molar-refractivity contribution in [3.05, 3.63) is 108 Å². The van der Waals surface area contributed by atoms with Crippen molar-refractivity contribution in [2.45, 2.75) is 5.16 Å². The molecule has 116 valence electrons. The van der Waals surface area contributed by atoms with E-state index in [9.17, 15) is 4.79 Å². The second kappa shape index (κ2) is 8.06. The Kier molecular flexibility index (Phi) is 6.10. The number of carbonyl (C=O) groups excluding carboxylic acids is 1. The van der Waals surface area contributed by atoms with Gasteiger partial charge in [-0.05, 0) is 25.3 Å². The van der Waals surface area contributed by atoms with Crippen molar-refractivity contribution in [2.24, 2.45) is 0 Å². The number of rotatable bonds is 5. The Labute approximate surface area is 145 Å². The highest BCUT2D eigenvalue weighted by atomic mass is 35.5. The van der Waals surface area contributed by atoms with Crippen LogP contribution >= 0.6 is 21.0 Å². The zero-order chi connectivity index (χ0) is 15.3. The lowest BCUT2D eigenvalue weighted by atomic mass is 9.84. The fourth-order valence-electron chi connectivity index (χ4n) is 2.90. The zero-order valence-electron chi connectivity index (χ0n) is 12.6. The molecule has 3 heteroatoms. The van der Waals surface area contributed by atoms with Gasteiger partial charge in [0.25, 0.3) is 0 Å². The smallest absolute Gasteiger partial charge is 0.140 e. The van der Waals surface area contributed by atoms with Gasteiger partial charge in [0.1, 0.15) is 6.03 Å². The maximum absolute atomic E-state index is 11.6. The topological polar surface area (TPSA) is 17.1 Å². The molecule has 0 N–H and O–H groups in total. The third-order valence-corrected chi connectivity index (χ3v) is 5.31. The molecule has 23 heavy (non-hydrogen) atoms. The number of hydrogen-bond donors (Lipinski definition) is 0. The van der Waals surface area contributed by atoms with Crippen molar-refractivity contribution in [3.63, 3.8) is 0 Å². The Bertz CT molecular complexity index is 633. The van der Waals surface area contributed by atoms with Crippen LogP contribution in [0.15, 0.2) is 91.0 Å². The van der Waals surface area contributed by atoms with Gasteiger partial charge in [-0.2, -0.15) is 0 Å². The van der Waals surface area contributed by atoms with Gasteiger partial charge in [-0.1, -0.05) is 91.0 Å². The van der Waals surface area contributed by atoms with Gasteiger partial charge in [0.05, 0.1) is 5.16 Å². The van der Waals surface area contributed by atoms with Crippen LogP contribution in [-0.4, -0.2) is 6.03 Å². The Morgan fingerprint density at radius 1 is 0.609 bits per heavy atom. The third kappa shape index (κ3) is 3.37. The summed E-state index contributed by atoms with van der Waals surface area (Å²) in [5.41, 5.74) is 3.45. The minimum Gasteiger partial charge on any atom is -0.299 e. The first-order valence-corrected chi connectivity index (χ1v) is 8.33. The van der Waals surface area contributed by atoms with Crippen LogP contribution in [0, 0.1) is 0 Å². The minimum atomic E-state index is -0.411. The fourth-order valence-corrected chi connectivity index (χ4v) is 4.08. The average molecular weight is 341 g/mol. The summed E-state index contributed by atoms with van der Waals surface area (Å²) in [7, 11) is 0.128. The third-order valence-electron chi connectivity index (χ3n) is 3.90. The molecule has 0 radical (unpaired) electrons. The number of benzene rings is 3. The molecule has 1 nitrogen and oxygen atoms in total. The van der Waals surface area contributed by atoms with Crippen LogP contribution < -0.4 is 0 Å². The lowest BCUT2D eigenvalue weighted by molar-refractivity contribution is 0.569. The van der Waals surface area contributed by atoms with Gasteiger partial charge in [-0.25, -0.2) is 0 Å². The number of halogens is 1. The summed E-state index contributed by atoms with van der Waals surface area (Å²) < 4.78 is 0. The molecule has 3 aromatic carbocycles. The van der Waals surface area contributed by atoms with E-state index < -0.39 is 5.16 Å². The Morgan fingerprint density at radius 3 is 1.17 bits per heavy atom. The van der Waals surface area contributed by atoms with Crippen LogP contribution in [-0.2, 0) is 9.95 Å². The molecule has 0 aliphatic rings. The van der Waals surface area contributed by atoms with E-state index in [1.807, 2.05) is 54.6 Å². The molecular weight excluding hydrogens is 323 g/mol.